The van der Waals surface area contributed by atoms with E-state index in [-0.39, 0.29) is 6.61 Å². The third-order valence-electron chi connectivity index (χ3n) is 4.16. The molecule has 0 bridgehead atoms. The summed E-state index contributed by atoms with van der Waals surface area (Å²) in [6.07, 6.45) is 2.10. The standard InChI is InChI=1S/C18H13ClN4O4S/c1-2-10-5-15-12(7-13(10)19)11(6-16(24)27-15)8-26-18(25)17-14(3-4-28-17)23-9-20-21-22-23/h3-7,9H,2,8H2,1H3. The van der Waals surface area contributed by atoms with Gasteiger partial charge >= 0.3 is 11.6 Å². The van der Waals surface area contributed by atoms with Crippen LogP contribution in [0.4, 0.5) is 0 Å². The van der Waals surface area contributed by atoms with Gasteiger partial charge in [-0.15, -0.1) is 16.4 Å². The molecule has 0 aliphatic rings. The Morgan fingerprint density at radius 1 is 1.32 bits per heavy atom. The number of nitrogens with zero attached hydrogens (tertiary/aromatic N) is 4. The summed E-state index contributed by atoms with van der Waals surface area (Å²) >= 11 is 7.50. The lowest BCUT2D eigenvalue weighted by molar-refractivity contribution is 0.0479. The fraction of sp³-hybridized carbons (Fsp3) is 0.167. The predicted molar refractivity (Wildman–Crippen MR) is 103 cm³/mol. The first-order valence-electron chi connectivity index (χ1n) is 8.30. The zero-order valence-corrected chi connectivity index (χ0v) is 16.2. The largest absolute Gasteiger partial charge is 0.457 e. The summed E-state index contributed by atoms with van der Waals surface area (Å²) in [6.45, 7) is 1.86. The number of rotatable bonds is 5. The normalized spacial score (nSPS) is 11.1. The first-order chi connectivity index (χ1) is 13.6. The van der Waals surface area contributed by atoms with Crippen molar-refractivity contribution in [2.24, 2.45) is 0 Å². The van der Waals surface area contributed by atoms with Gasteiger partial charge in [0.05, 0.1) is 5.69 Å². The van der Waals surface area contributed by atoms with E-state index in [0.29, 0.717) is 38.5 Å². The van der Waals surface area contributed by atoms with Crippen molar-refractivity contribution < 1.29 is 13.9 Å². The first kappa shape index (κ1) is 18.3. The van der Waals surface area contributed by atoms with Crippen LogP contribution >= 0.6 is 22.9 Å². The van der Waals surface area contributed by atoms with E-state index in [1.54, 1.807) is 23.6 Å². The van der Waals surface area contributed by atoms with Crippen LogP contribution in [0.25, 0.3) is 16.7 Å². The quantitative estimate of drug-likeness (QED) is 0.363. The molecule has 0 fully saturated rings. The smallest absolute Gasteiger partial charge is 0.350 e. The van der Waals surface area contributed by atoms with Gasteiger partial charge in [0.1, 0.15) is 23.4 Å². The molecule has 8 nitrogen and oxygen atoms in total. The number of halogens is 1. The molecule has 0 unspecified atom stereocenters. The minimum Gasteiger partial charge on any atom is -0.457 e. The highest BCUT2D eigenvalue weighted by Gasteiger charge is 2.18. The number of hydrogen-bond acceptors (Lipinski definition) is 8. The number of benzene rings is 1. The summed E-state index contributed by atoms with van der Waals surface area (Å²) < 4.78 is 12.1. The van der Waals surface area contributed by atoms with Crippen LogP contribution in [-0.2, 0) is 17.8 Å². The van der Waals surface area contributed by atoms with Gasteiger partial charge in [-0.1, -0.05) is 18.5 Å². The molecular weight excluding hydrogens is 404 g/mol. The number of hydrogen-bond donors (Lipinski definition) is 0. The van der Waals surface area contributed by atoms with Crippen LogP contribution in [-0.4, -0.2) is 26.2 Å². The van der Waals surface area contributed by atoms with Gasteiger partial charge in [0.15, 0.2) is 0 Å². The SMILES string of the molecule is CCc1cc2oc(=O)cc(COC(=O)c3sccc3-n3cnnn3)c2cc1Cl. The lowest BCUT2D eigenvalue weighted by Gasteiger charge is -2.09. The minimum absolute atomic E-state index is 0.102. The van der Waals surface area contributed by atoms with Crippen molar-refractivity contribution in [3.63, 3.8) is 0 Å². The Labute approximate surface area is 167 Å². The average Bonchev–Trinajstić information content (AvgIpc) is 3.36. The maximum absolute atomic E-state index is 12.6. The fourth-order valence-electron chi connectivity index (χ4n) is 2.80. The molecule has 0 saturated carbocycles. The number of tetrazole rings is 1. The van der Waals surface area contributed by atoms with Gasteiger partial charge in [0.25, 0.3) is 0 Å². The number of aromatic nitrogens is 4. The van der Waals surface area contributed by atoms with E-state index < -0.39 is 11.6 Å². The zero-order chi connectivity index (χ0) is 19.7. The lowest BCUT2D eigenvalue weighted by Crippen LogP contribution is -2.09. The third-order valence-corrected chi connectivity index (χ3v) is 5.40. The van der Waals surface area contributed by atoms with E-state index >= 15 is 0 Å². The molecule has 10 heteroatoms. The molecule has 1 aromatic carbocycles. The second kappa shape index (κ2) is 7.53. The van der Waals surface area contributed by atoms with Crippen molar-refractivity contribution in [3.8, 4) is 5.69 Å². The number of thiophene rings is 1. The van der Waals surface area contributed by atoms with E-state index in [1.807, 2.05) is 6.92 Å². The van der Waals surface area contributed by atoms with Gasteiger partial charge < -0.3 is 9.15 Å². The summed E-state index contributed by atoms with van der Waals surface area (Å²) in [6, 6.07) is 6.48. The molecule has 142 valence electrons. The summed E-state index contributed by atoms with van der Waals surface area (Å²) in [5.74, 6) is -0.543. The van der Waals surface area contributed by atoms with Gasteiger partial charge in [-0.25, -0.2) is 9.59 Å². The van der Waals surface area contributed by atoms with Gasteiger partial charge in [-0.2, -0.15) is 4.68 Å². The molecule has 4 aromatic rings. The average molecular weight is 417 g/mol. The lowest BCUT2D eigenvalue weighted by atomic mass is 10.1. The molecule has 0 saturated heterocycles. The van der Waals surface area contributed by atoms with E-state index in [0.717, 1.165) is 5.56 Å². The molecule has 0 aliphatic carbocycles. The van der Waals surface area contributed by atoms with Crippen LogP contribution in [0.15, 0.2) is 45.2 Å². The molecule has 0 radical (unpaired) electrons. The molecule has 0 aliphatic heterocycles. The summed E-state index contributed by atoms with van der Waals surface area (Å²) in [5, 5.41) is 13.8. The van der Waals surface area contributed by atoms with Crippen LogP contribution in [0.3, 0.4) is 0 Å². The third kappa shape index (κ3) is 3.41. The Hall–Kier alpha value is -3.04. The van der Waals surface area contributed by atoms with E-state index in [9.17, 15) is 9.59 Å². The minimum atomic E-state index is -0.543. The summed E-state index contributed by atoms with van der Waals surface area (Å²) in [7, 11) is 0. The summed E-state index contributed by atoms with van der Waals surface area (Å²) in [4.78, 5) is 24.8. The molecule has 4 rings (SSSR count). The zero-order valence-electron chi connectivity index (χ0n) is 14.6. The Morgan fingerprint density at radius 3 is 2.93 bits per heavy atom. The van der Waals surface area contributed by atoms with Gasteiger partial charge in [0, 0.05) is 22.0 Å². The molecular formula is C18H13ClN4O4S. The highest BCUT2D eigenvalue weighted by atomic mass is 35.5. The molecule has 0 atom stereocenters. The number of carbonyl (C=O) groups excluding carboxylic acids is 1. The van der Waals surface area contributed by atoms with Gasteiger partial charge in [0.2, 0.25) is 0 Å². The molecule has 0 amide bonds. The van der Waals surface area contributed by atoms with Crippen LogP contribution in [0, 0.1) is 0 Å². The van der Waals surface area contributed by atoms with E-state index in [2.05, 4.69) is 15.5 Å². The number of ether oxygens (including phenoxy) is 1. The van der Waals surface area contributed by atoms with Crippen LogP contribution < -0.4 is 5.63 Å². The maximum atomic E-state index is 12.6. The van der Waals surface area contributed by atoms with Crippen LogP contribution in [0.5, 0.6) is 0 Å². The topological polar surface area (TPSA) is 100 Å². The first-order valence-corrected chi connectivity index (χ1v) is 9.55. The molecule has 28 heavy (non-hydrogen) atoms. The van der Waals surface area contributed by atoms with Crippen molar-refractivity contribution in [1.29, 1.82) is 0 Å². The highest BCUT2D eigenvalue weighted by molar-refractivity contribution is 7.12. The Morgan fingerprint density at radius 2 is 2.18 bits per heavy atom. The Balaban J connectivity index is 1.63. The Bertz CT molecular complexity index is 1220. The van der Waals surface area contributed by atoms with Gasteiger partial charge in [-0.3, -0.25) is 0 Å². The highest BCUT2D eigenvalue weighted by Crippen LogP contribution is 2.27. The number of esters is 1. The van der Waals surface area contributed by atoms with E-state index in [1.165, 1.54) is 28.4 Å². The number of carbonyl (C=O) groups is 1. The monoisotopic (exact) mass is 416 g/mol. The van der Waals surface area contributed by atoms with Crippen LogP contribution in [0.2, 0.25) is 5.02 Å². The number of aryl methyl sites for hydroxylation is 1. The predicted octanol–water partition coefficient (Wildman–Crippen LogP) is 3.40. The second-order valence-corrected chi connectivity index (χ2v) is 7.17. The summed E-state index contributed by atoms with van der Waals surface area (Å²) in [5.41, 5.74) is 1.80. The van der Waals surface area contributed by atoms with Gasteiger partial charge in [-0.05, 0) is 46.0 Å². The maximum Gasteiger partial charge on any atom is 0.350 e. The van der Waals surface area contributed by atoms with Crippen molar-refractivity contribution in [1.82, 2.24) is 20.2 Å². The van der Waals surface area contributed by atoms with Crippen molar-refractivity contribution in [3.05, 3.63) is 67.4 Å². The van der Waals surface area contributed by atoms with Crippen LogP contribution in [0.1, 0.15) is 27.7 Å². The second-order valence-electron chi connectivity index (χ2n) is 5.85. The van der Waals surface area contributed by atoms with Crippen molar-refractivity contribution in [2.75, 3.05) is 0 Å². The number of fused-ring (bicyclic) bond motifs is 1. The molecule has 3 heterocycles. The van der Waals surface area contributed by atoms with Crippen molar-refractivity contribution >= 4 is 39.9 Å². The molecule has 0 spiro atoms. The van der Waals surface area contributed by atoms with E-state index in [4.69, 9.17) is 20.8 Å². The molecule has 0 N–H and O–H groups in total. The van der Waals surface area contributed by atoms with Crippen molar-refractivity contribution in [2.45, 2.75) is 20.0 Å². The Kier molecular flexibility index (Phi) is 4.93. The molecule has 3 aromatic heterocycles. The fourth-order valence-corrected chi connectivity index (χ4v) is 3.86.